The lowest BCUT2D eigenvalue weighted by Gasteiger charge is -2.40. The summed E-state index contributed by atoms with van der Waals surface area (Å²) < 4.78 is 16.0. The van der Waals surface area contributed by atoms with Crippen LogP contribution in [0.25, 0.3) is 44.6 Å². The van der Waals surface area contributed by atoms with Gasteiger partial charge in [-0.1, -0.05) is 58.0 Å². The van der Waals surface area contributed by atoms with Gasteiger partial charge >= 0.3 is 12.2 Å². The van der Waals surface area contributed by atoms with Crippen LogP contribution >= 0.6 is 0 Å². The molecule has 316 valence electrons. The number of carbonyl (C=O) groups is 4. The molecule has 1 aliphatic carbocycles. The first-order valence-electron chi connectivity index (χ1n) is 20.9. The molecule has 3 fully saturated rings. The van der Waals surface area contributed by atoms with Gasteiger partial charge in [-0.15, -0.1) is 0 Å². The number of carbonyl (C=O) groups excluding carboxylic acids is 4. The lowest BCUT2D eigenvalue weighted by atomic mass is 9.93. The molecule has 15 heteroatoms. The van der Waals surface area contributed by atoms with Gasteiger partial charge in [0, 0.05) is 42.0 Å². The minimum atomic E-state index is -0.714. The molecule has 3 aromatic heterocycles. The van der Waals surface area contributed by atoms with Gasteiger partial charge in [0.15, 0.2) is 0 Å². The number of imidazole rings is 2. The Balaban J connectivity index is 1.02. The van der Waals surface area contributed by atoms with Crippen LogP contribution in [0.15, 0.2) is 59.3 Å². The van der Waals surface area contributed by atoms with Crippen molar-refractivity contribution < 1.29 is 33.1 Å². The Morgan fingerprint density at radius 3 is 2.15 bits per heavy atom. The molecule has 3 aliphatic rings. The summed E-state index contributed by atoms with van der Waals surface area (Å²) in [5.74, 6) is 2.08. The fourth-order valence-corrected chi connectivity index (χ4v) is 9.54. The number of aromatic nitrogens is 4. The Bertz CT molecular complexity index is 2410. The molecule has 4 amide bonds. The lowest BCUT2D eigenvalue weighted by molar-refractivity contribution is -0.140. The first kappa shape index (κ1) is 40.7. The molecule has 2 aromatic carbocycles. The summed E-state index contributed by atoms with van der Waals surface area (Å²) in [6, 6.07) is 12.8. The first-order valence-corrected chi connectivity index (χ1v) is 20.9. The predicted molar refractivity (Wildman–Crippen MR) is 224 cm³/mol. The van der Waals surface area contributed by atoms with Crippen LogP contribution < -0.4 is 10.6 Å². The molecule has 5 heterocycles. The van der Waals surface area contributed by atoms with Crippen molar-refractivity contribution in [3.63, 3.8) is 0 Å². The number of aryl methyl sites for hydroxylation is 1. The normalized spacial score (nSPS) is 20.9. The van der Waals surface area contributed by atoms with Gasteiger partial charge < -0.3 is 44.3 Å². The van der Waals surface area contributed by atoms with Gasteiger partial charge in [0.25, 0.3) is 0 Å². The molecule has 15 nitrogen and oxygen atoms in total. The van der Waals surface area contributed by atoms with Crippen LogP contribution in [0.5, 0.6) is 0 Å². The zero-order chi connectivity index (χ0) is 42.5. The Labute approximate surface area is 349 Å². The fraction of sp³-hybridized carbons (Fsp3) is 0.467. The number of ether oxygens (including phenoxy) is 2. The van der Waals surface area contributed by atoms with E-state index in [-0.39, 0.29) is 29.7 Å². The number of aromatic amines is 2. The van der Waals surface area contributed by atoms with Gasteiger partial charge in [-0.2, -0.15) is 0 Å². The number of hydrogen-bond donors (Lipinski definition) is 4. The highest BCUT2D eigenvalue weighted by atomic mass is 16.5. The summed E-state index contributed by atoms with van der Waals surface area (Å²) in [6.07, 6.45) is 6.72. The topological polar surface area (TPSA) is 188 Å². The molecule has 60 heavy (non-hydrogen) atoms. The average molecular weight is 819 g/mol. The number of piperidine rings is 1. The summed E-state index contributed by atoms with van der Waals surface area (Å²) in [6.45, 7) is 10.8. The van der Waals surface area contributed by atoms with E-state index in [0.29, 0.717) is 24.8 Å². The molecule has 8 rings (SSSR count). The van der Waals surface area contributed by atoms with Crippen molar-refractivity contribution in [3.8, 4) is 33.6 Å². The number of rotatable bonds is 11. The van der Waals surface area contributed by atoms with E-state index in [1.165, 1.54) is 14.2 Å². The van der Waals surface area contributed by atoms with Crippen molar-refractivity contribution in [2.45, 2.75) is 90.4 Å². The fourth-order valence-electron chi connectivity index (χ4n) is 9.54. The number of nitrogens with one attached hydrogen (secondary N) is 4. The monoisotopic (exact) mass is 818 g/mol. The molecule has 5 atom stereocenters. The Hall–Kier alpha value is -6.12. The molecule has 2 aliphatic heterocycles. The Morgan fingerprint density at radius 2 is 1.48 bits per heavy atom. The minimum Gasteiger partial charge on any atom is -0.461 e. The van der Waals surface area contributed by atoms with Gasteiger partial charge in [-0.3, -0.25) is 9.59 Å². The zero-order valence-electron chi connectivity index (χ0n) is 35.3. The van der Waals surface area contributed by atoms with Crippen LogP contribution in [0.1, 0.15) is 83.2 Å². The Kier molecular flexibility index (Phi) is 10.9. The van der Waals surface area contributed by atoms with E-state index < -0.39 is 29.8 Å². The van der Waals surface area contributed by atoms with E-state index in [1.807, 2.05) is 81.1 Å². The van der Waals surface area contributed by atoms with Gasteiger partial charge in [0.05, 0.1) is 31.6 Å². The third-order valence-corrected chi connectivity index (χ3v) is 12.6. The van der Waals surface area contributed by atoms with Crippen LogP contribution in [0.3, 0.4) is 0 Å². The molecule has 1 saturated carbocycles. The first-order chi connectivity index (χ1) is 28.8. The van der Waals surface area contributed by atoms with Crippen LogP contribution in [0.2, 0.25) is 0 Å². The van der Waals surface area contributed by atoms with E-state index in [2.05, 4.69) is 38.8 Å². The number of furan rings is 1. The molecule has 2 bridgehead atoms. The van der Waals surface area contributed by atoms with Crippen molar-refractivity contribution in [1.82, 2.24) is 40.4 Å². The maximum Gasteiger partial charge on any atom is 0.407 e. The van der Waals surface area contributed by atoms with E-state index in [4.69, 9.17) is 23.9 Å². The largest absolute Gasteiger partial charge is 0.461 e. The van der Waals surface area contributed by atoms with E-state index in [9.17, 15) is 19.2 Å². The second kappa shape index (κ2) is 16.1. The van der Waals surface area contributed by atoms with Gasteiger partial charge in [-0.05, 0) is 80.0 Å². The molecule has 2 saturated heterocycles. The lowest BCUT2D eigenvalue weighted by Crippen LogP contribution is -2.56. The number of amides is 4. The van der Waals surface area contributed by atoms with E-state index in [1.54, 1.807) is 0 Å². The molecular formula is C45H54N8O7. The summed E-state index contributed by atoms with van der Waals surface area (Å²) in [4.78, 5) is 72.5. The number of alkyl carbamates (subject to hydrolysis) is 2. The van der Waals surface area contributed by atoms with Crippen molar-refractivity contribution >= 4 is 35.0 Å². The molecule has 0 radical (unpaired) electrons. The van der Waals surface area contributed by atoms with Crippen LogP contribution in [-0.2, 0) is 24.6 Å². The highest BCUT2D eigenvalue weighted by Gasteiger charge is 2.56. The van der Waals surface area contributed by atoms with Crippen LogP contribution in [0.4, 0.5) is 9.59 Å². The van der Waals surface area contributed by atoms with Gasteiger partial charge in [-0.25, -0.2) is 19.6 Å². The van der Waals surface area contributed by atoms with Crippen molar-refractivity contribution in [3.05, 3.63) is 72.3 Å². The molecule has 0 spiro atoms. The van der Waals surface area contributed by atoms with Crippen LogP contribution in [0, 0.1) is 24.7 Å². The third kappa shape index (κ3) is 7.27. The number of H-pyrrole nitrogens is 2. The third-order valence-electron chi connectivity index (χ3n) is 12.6. The minimum absolute atomic E-state index is 0.116. The summed E-state index contributed by atoms with van der Waals surface area (Å²) in [7, 11) is 2.59. The Morgan fingerprint density at radius 1 is 0.833 bits per heavy atom. The molecule has 4 N–H and O–H groups in total. The highest BCUT2D eigenvalue weighted by Crippen LogP contribution is 2.53. The average Bonchev–Trinajstić information content (AvgIpc) is 4.10. The van der Waals surface area contributed by atoms with Crippen LogP contribution in [-0.4, -0.2) is 93.1 Å². The maximum atomic E-state index is 14.1. The SMILES string of the molecule is COC(=O)NC(C(=O)N1CCC[C@H]1c1nc(-c2ccc(-c3ccc(-c4c[nH]c(C56CCC(CN5C(=O)[C@@H](NC(=O)OC)C(C)C)C6)n4)c4oc(C)cc34)cc2)c[nH]1)C(C)C. The maximum absolute atomic E-state index is 14.1. The second-order valence-corrected chi connectivity index (χ2v) is 17.1. The predicted octanol–water partition coefficient (Wildman–Crippen LogP) is 7.45. The molecule has 5 aromatic rings. The van der Waals surface area contributed by atoms with E-state index in [0.717, 1.165) is 88.3 Å². The summed E-state index contributed by atoms with van der Waals surface area (Å²) in [5, 5.41) is 6.42. The standard InChI is InChI=1S/C45H54N8O7/c1-24(2)36(50-43(56)58-6)40(54)52-18-8-9-35(52)39-46-21-33(48-39)29-12-10-28(11-13-29)30-14-15-31(38-32(30)19-26(5)60-38)34-22-47-42(49-34)45-17-16-27(20-45)23-53(45)41(55)37(25(3)4)51-44(57)59-7/h10-15,19,21-22,24-25,27,35-37H,8-9,16-18,20,23H2,1-7H3,(H,46,48)(H,47,49)(H,50,56)(H,51,57)/t27?,35-,36?,37-,45?/m0/s1. The number of likely N-dealkylation sites (tertiary alicyclic amines) is 2. The van der Waals surface area contributed by atoms with Gasteiger partial charge in [0.1, 0.15) is 40.6 Å². The number of methoxy groups -OCH3 is 2. The number of fused-ring (bicyclic) bond motifs is 3. The zero-order valence-corrected chi connectivity index (χ0v) is 35.3. The second-order valence-electron chi connectivity index (χ2n) is 17.1. The summed E-state index contributed by atoms with van der Waals surface area (Å²) in [5.41, 5.74) is 5.44. The molecule has 3 unspecified atom stereocenters. The number of benzene rings is 2. The molecular weight excluding hydrogens is 765 g/mol. The smallest absolute Gasteiger partial charge is 0.407 e. The highest BCUT2D eigenvalue weighted by molar-refractivity contribution is 6.02. The number of nitrogens with zero attached hydrogens (tertiary/aromatic N) is 4. The van der Waals surface area contributed by atoms with Gasteiger partial charge in [0.2, 0.25) is 11.8 Å². The number of hydrogen-bond acceptors (Lipinski definition) is 9. The van der Waals surface area contributed by atoms with E-state index >= 15 is 0 Å². The van der Waals surface area contributed by atoms with Crippen molar-refractivity contribution in [1.29, 1.82) is 0 Å². The van der Waals surface area contributed by atoms with Crippen molar-refractivity contribution in [2.75, 3.05) is 27.3 Å². The van der Waals surface area contributed by atoms with Crippen molar-refractivity contribution in [2.24, 2.45) is 17.8 Å². The summed E-state index contributed by atoms with van der Waals surface area (Å²) >= 11 is 0. The quantitative estimate of drug-likeness (QED) is 0.105.